The van der Waals surface area contributed by atoms with Gasteiger partial charge in [0.2, 0.25) is 5.91 Å². The van der Waals surface area contributed by atoms with Crippen molar-refractivity contribution in [2.75, 3.05) is 13.1 Å². The molecule has 0 saturated carbocycles. The van der Waals surface area contributed by atoms with Gasteiger partial charge in [-0.3, -0.25) is 14.4 Å². The second-order valence-electron chi connectivity index (χ2n) is 4.22. The van der Waals surface area contributed by atoms with Gasteiger partial charge in [0, 0.05) is 0 Å². The fraction of sp³-hybridized carbons (Fsp3) is 0.700. The third-order valence-electron chi connectivity index (χ3n) is 2.01. The quantitative estimate of drug-likeness (QED) is 0.549. The first-order valence-electron chi connectivity index (χ1n) is 5.22. The molecule has 0 aliphatic rings. The van der Waals surface area contributed by atoms with E-state index in [2.05, 4.69) is 0 Å². The highest BCUT2D eigenvalue weighted by molar-refractivity contribution is 5.88. The van der Waals surface area contributed by atoms with Crippen molar-refractivity contribution >= 4 is 17.8 Å². The van der Waals surface area contributed by atoms with Crippen LogP contribution < -0.4 is 5.73 Å². The number of carbonyl (C=O) groups is 3. The van der Waals surface area contributed by atoms with E-state index in [1.807, 2.05) is 13.8 Å². The van der Waals surface area contributed by atoms with Crippen LogP contribution in [0.3, 0.4) is 0 Å². The normalized spacial score (nSPS) is 12.2. The Labute approximate surface area is 99.2 Å². The molecule has 0 aromatic heterocycles. The van der Waals surface area contributed by atoms with Crippen LogP contribution in [0.1, 0.15) is 20.3 Å². The lowest BCUT2D eigenvalue weighted by Crippen LogP contribution is -2.48. The van der Waals surface area contributed by atoms with Crippen molar-refractivity contribution in [3.8, 4) is 0 Å². The van der Waals surface area contributed by atoms with Gasteiger partial charge in [-0.2, -0.15) is 0 Å². The molecule has 17 heavy (non-hydrogen) atoms. The summed E-state index contributed by atoms with van der Waals surface area (Å²) >= 11 is 0. The summed E-state index contributed by atoms with van der Waals surface area (Å²) in [5.74, 6) is -3.01. The average Bonchev–Trinajstić information content (AvgIpc) is 2.12. The minimum Gasteiger partial charge on any atom is -0.480 e. The Morgan fingerprint density at radius 1 is 1.12 bits per heavy atom. The molecular formula is C10H18N2O5. The van der Waals surface area contributed by atoms with E-state index in [-0.39, 0.29) is 5.92 Å². The molecule has 0 aromatic carbocycles. The Hall–Kier alpha value is -1.63. The van der Waals surface area contributed by atoms with Gasteiger partial charge in [0.1, 0.15) is 13.1 Å². The second-order valence-corrected chi connectivity index (χ2v) is 4.22. The molecule has 0 spiro atoms. The monoisotopic (exact) mass is 246 g/mol. The summed E-state index contributed by atoms with van der Waals surface area (Å²) in [6.07, 6.45) is 0.384. The Morgan fingerprint density at radius 2 is 1.53 bits per heavy atom. The van der Waals surface area contributed by atoms with Crippen molar-refractivity contribution in [1.29, 1.82) is 0 Å². The van der Waals surface area contributed by atoms with Gasteiger partial charge < -0.3 is 20.8 Å². The van der Waals surface area contributed by atoms with Crippen LogP contribution in [0.25, 0.3) is 0 Å². The standard InChI is InChI=1S/C10H18N2O5/c1-6(2)3-7(11)10(17)12(4-8(13)14)5-9(15)16/h6-7H,3-5,11H2,1-2H3,(H,13,14)(H,15,16)/t7-/m1/s1. The topological polar surface area (TPSA) is 121 Å². The average molecular weight is 246 g/mol. The van der Waals surface area contributed by atoms with Gasteiger partial charge in [0.25, 0.3) is 0 Å². The number of rotatable bonds is 7. The number of carboxylic acids is 2. The zero-order chi connectivity index (χ0) is 13.6. The molecule has 7 nitrogen and oxygen atoms in total. The highest BCUT2D eigenvalue weighted by Crippen LogP contribution is 2.05. The van der Waals surface area contributed by atoms with E-state index in [4.69, 9.17) is 15.9 Å². The number of carbonyl (C=O) groups excluding carboxylic acids is 1. The summed E-state index contributed by atoms with van der Waals surface area (Å²) in [6, 6.07) is -0.867. The first-order valence-corrected chi connectivity index (χ1v) is 5.22. The maximum Gasteiger partial charge on any atom is 0.323 e. The molecule has 0 aliphatic carbocycles. The third kappa shape index (κ3) is 6.52. The molecule has 98 valence electrons. The van der Waals surface area contributed by atoms with Gasteiger partial charge in [-0.05, 0) is 12.3 Å². The van der Waals surface area contributed by atoms with E-state index in [1.165, 1.54) is 0 Å². The molecule has 0 unspecified atom stereocenters. The van der Waals surface area contributed by atoms with Gasteiger partial charge in [-0.1, -0.05) is 13.8 Å². The van der Waals surface area contributed by atoms with Crippen LogP contribution in [-0.2, 0) is 14.4 Å². The zero-order valence-corrected chi connectivity index (χ0v) is 9.92. The van der Waals surface area contributed by atoms with E-state index >= 15 is 0 Å². The molecule has 1 atom stereocenters. The minimum absolute atomic E-state index is 0.172. The number of carboxylic acid groups (broad SMARTS) is 2. The molecule has 0 aromatic rings. The highest BCUT2D eigenvalue weighted by Gasteiger charge is 2.25. The molecule has 7 heteroatoms. The first-order chi connectivity index (χ1) is 7.73. The van der Waals surface area contributed by atoms with E-state index in [0.717, 1.165) is 4.90 Å². The molecule has 0 heterocycles. The summed E-state index contributed by atoms with van der Waals surface area (Å²) in [4.78, 5) is 33.5. The summed E-state index contributed by atoms with van der Waals surface area (Å²) in [7, 11) is 0. The van der Waals surface area contributed by atoms with E-state index in [1.54, 1.807) is 0 Å². The Bertz CT molecular complexity index is 287. The molecule has 0 fully saturated rings. The van der Waals surface area contributed by atoms with E-state index in [0.29, 0.717) is 6.42 Å². The van der Waals surface area contributed by atoms with Crippen molar-refractivity contribution in [1.82, 2.24) is 4.90 Å². The van der Waals surface area contributed by atoms with Crippen LogP contribution in [0, 0.1) is 5.92 Å². The summed E-state index contributed by atoms with van der Waals surface area (Å²) in [5, 5.41) is 17.2. The predicted octanol–water partition coefficient (Wildman–Crippen LogP) is -0.642. The number of amides is 1. The Morgan fingerprint density at radius 3 is 1.82 bits per heavy atom. The highest BCUT2D eigenvalue weighted by atomic mass is 16.4. The molecule has 4 N–H and O–H groups in total. The van der Waals surface area contributed by atoms with E-state index < -0.39 is 37.0 Å². The molecule has 1 amide bonds. The van der Waals surface area contributed by atoms with E-state index in [9.17, 15) is 14.4 Å². The summed E-state index contributed by atoms with van der Waals surface area (Å²) in [6.45, 7) is 2.42. The van der Waals surface area contributed by atoms with Gasteiger partial charge in [0.15, 0.2) is 0 Å². The maximum absolute atomic E-state index is 11.7. The van der Waals surface area contributed by atoms with Crippen LogP contribution in [0.15, 0.2) is 0 Å². The number of hydrogen-bond donors (Lipinski definition) is 3. The van der Waals surface area contributed by atoms with Crippen molar-refractivity contribution in [2.24, 2.45) is 11.7 Å². The molecule has 0 aliphatic heterocycles. The number of nitrogens with zero attached hydrogens (tertiary/aromatic N) is 1. The van der Waals surface area contributed by atoms with Crippen LogP contribution >= 0.6 is 0 Å². The van der Waals surface area contributed by atoms with Crippen LogP contribution in [0.4, 0.5) is 0 Å². The number of aliphatic carboxylic acids is 2. The van der Waals surface area contributed by atoms with Crippen LogP contribution in [0.5, 0.6) is 0 Å². The lowest BCUT2D eigenvalue weighted by atomic mass is 10.0. The number of nitrogens with two attached hydrogens (primary N) is 1. The van der Waals surface area contributed by atoms with Crippen molar-refractivity contribution < 1.29 is 24.6 Å². The molecule has 0 rings (SSSR count). The SMILES string of the molecule is CC(C)C[C@@H](N)C(=O)N(CC(=O)O)CC(=O)O. The van der Waals surface area contributed by atoms with Gasteiger partial charge >= 0.3 is 11.9 Å². The van der Waals surface area contributed by atoms with Gasteiger partial charge in [-0.25, -0.2) is 0 Å². The van der Waals surface area contributed by atoms with Crippen molar-refractivity contribution in [2.45, 2.75) is 26.3 Å². The molecule has 0 bridgehead atoms. The van der Waals surface area contributed by atoms with Crippen LogP contribution in [-0.4, -0.2) is 52.1 Å². The first kappa shape index (κ1) is 15.4. The smallest absolute Gasteiger partial charge is 0.323 e. The summed E-state index contributed by atoms with van der Waals surface area (Å²) in [5.41, 5.74) is 5.59. The fourth-order valence-corrected chi connectivity index (χ4v) is 1.38. The lowest BCUT2D eigenvalue weighted by Gasteiger charge is -2.23. The van der Waals surface area contributed by atoms with Crippen molar-refractivity contribution in [3.63, 3.8) is 0 Å². The Balaban J connectivity index is 4.61. The largest absolute Gasteiger partial charge is 0.480 e. The predicted molar refractivity (Wildman–Crippen MR) is 59.3 cm³/mol. The third-order valence-corrected chi connectivity index (χ3v) is 2.01. The van der Waals surface area contributed by atoms with Crippen LogP contribution in [0.2, 0.25) is 0 Å². The maximum atomic E-state index is 11.7. The van der Waals surface area contributed by atoms with Crippen molar-refractivity contribution in [3.05, 3.63) is 0 Å². The molecule has 0 radical (unpaired) electrons. The second kappa shape index (κ2) is 6.85. The Kier molecular flexibility index (Phi) is 6.19. The molecular weight excluding hydrogens is 228 g/mol. The lowest BCUT2D eigenvalue weighted by molar-refractivity contribution is -0.150. The molecule has 0 saturated heterocycles. The summed E-state index contributed by atoms with van der Waals surface area (Å²) < 4.78 is 0. The fourth-order valence-electron chi connectivity index (χ4n) is 1.38. The van der Waals surface area contributed by atoms with Gasteiger partial charge in [0.05, 0.1) is 6.04 Å². The zero-order valence-electron chi connectivity index (χ0n) is 9.92. The number of hydrogen-bond acceptors (Lipinski definition) is 4. The minimum atomic E-state index is -1.27. The van der Waals surface area contributed by atoms with Gasteiger partial charge in [-0.15, -0.1) is 0 Å².